The molecule has 4 nitrogen and oxygen atoms in total. The van der Waals surface area contributed by atoms with Crippen molar-refractivity contribution in [1.82, 2.24) is 10.2 Å². The zero-order chi connectivity index (χ0) is 14.0. The summed E-state index contributed by atoms with van der Waals surface area (Å²) in [4.78, 5) is 12.3. The van der Waals surface area contributed by atoms with E-state index < -0.39 is 18.6 Å². The lowest BCUT2D eigenvalue weighted by molar-refractivity contribution is -0.157. The van der Waals surface area contributed by atoms with Crippen molar-refractivity contribution in [2.24, 2.45) is 0 Å². The monoisotopic (exact) mass is 340 g/mol. The van der Waals surface area contributed by atoms with Gasteiger partial charge in [0, 0.05) is 19.0 Å². The summed E-state index contributed by atoms with van der Waals surface area (Å²) in [5, 5.41) is 3.01. The van der Waals surface area contributed by atoms with Crippen LogP contribution in [0, 0.1) is 0 Å². The molecule has 0 spiro atoms. The normalized spacial score (nSPS) is 20.3. The zero-order valence-corrected chi connectivity index (χ0v) is 11.4. The summed E-state index contributed by atoms with van der Waals surface area (Å²) in [6.45, 7) is -0.736. The molecule has 0 bridgehead atoms. The van der Waals surface area contributed by atoms with Gasteiger partial charge in [-0.1, -0.05) is 0 Å². The predicted octanol–water partition coefficient (Wildman–Crippen LogP) is 2.29. The van der Waals surface area contributed by atoms with E-state index in [4.69, 9.17) is 4.42 Å². The van der Waals surface area contributed by atoms with Gasteiger partial charge < -0.3 is 14.6 Å². The van der Waals surface area contributed by atoms with Crippen LogP contribution in [0.5, 0.6) is 0 Å². The fraction of sp³-hybridized carbons (Fsp3) is 0.545. The van der Waals surface area contributed by atoms with E-state index in [2.05, 4.69) is 21.2 Å². The van der Waals surface area contributed by atoms with Gasteiger partial charge in [-0.25, -0.2) is 0 Å². The van der Waals surface area contributed by atoms with E-state index in [1.165, 1.54) is 0 Å². The molecule has 2 heterocycles. The lowest BCUT2D eigenvalue weighted by Gasteiger charge is -2.18. The number of hydrogen-bond acceptors (Lipinski definition) is 3. The number of likely N-dealkylation sites (tertiary alicyclic amines) is 1. The average molecular weight is 341 g/mol. The van der Waals surface area contributed by atoms with Crippen LogP contribution in [-0.4, -0.2) is 36.1 Å². The molecule has 1 aromatic rings. The maximum absolute atomic E-state index is 12.2. The molecule has 0 radical (unpaired) electrons. The highest BCUT2D eigenvalue weighted by Gasteiger charge is 2.38. The minimum atomic E-state index is -4.35. The Kier molecular flexibility index (Phi) is 4.19. The number of alkyl halides is 3. The third kappa shape index (κ3) is 4.24. The third-order valence-electron chi connectivity index (χ3n) is 2.78. The van der Waals surface area contributed by atoms with Gasteiger partial charge in [0.25, 0.3) is 0 Å². The van der Waals surface area contributed by atoms with Crippen LogP contribution in [0.15, 0.2) is 21.2 Å². The molecule has 1 unspecified atom stereocenters. The van der Waals surface area contributed by atoms with Crippen LogP contribution in [-0.2, 0) is 11.3 Å². The second-order valence-corrected chi connectivity index (χ2v) is 5.16. The molecule has 1 N–H and O–H groups in total. The third-order valence-corrected chi connectivity index (χ3v) is 3.20. The Balaban J connectivity index is 1.82. The predicted molar refractivity (Wildman–Crippen MR) is 64.3 cm³/mol. The van der Waals surface area contributed by atoms with Crippen molar-refractivity contribution in [2.45, 2.75) is 25.2 Å². The van der Waals surface area contributed by atoms with Crippen molar-refractivity contribution in [2.75, 3.05) is 13.1 Å². The number of rotatable bonds is 4. The largest absolute Gasteiger partial charge is 0.453 e. The molecule has 1 aliphatic heterocycles. The number of halogens is 4. The highest BCUT2D eigenvalue weighted by Crippen LogP contribution is 2.21. The van der Waals surface area contributed by atoms with Gasteiger partial charge in [-0.2, -0.15) is 13.2 Å². The van der Waals surface area contributed by atoms with Gasteiger partial charge in [0.1, 0.15) is 12.3 Å². The number of carbonyl (C=O) groups is 1. The molecule has 19 heavy (non-hydrogen) atoms. The first kappa shape index (κ1) is 14.4. The Labute approximate surface area is 116 Å². The number of furan rings is 1. The number of hydrogen-bond donors (Lipinski definition) is 1. The first-order valence-electron chi connectivity index (χ1n) is 5.65. The molecular formula is C11H12BrF3N2O2. The molecule has 1 atom stereocenters. The molecule has 1 fully saturated rings. The molecule has 0 saturated carbocycles. The summed E-state index contributed by atoms with van der Waals surface area (Å²) in [5.74, 6) is 0.184. The smallest absolute Gasteiger partial charge is 0.406 e. The van der Waals surface area contributed by atoms with Gasteiger partial charge in [-0.3, -0.25) is 4.79 Å². The van der Waals surface area contributed by atoms with Gasteiger partial charge in [0.2, 0.25) is 5.91 Å². The van der Waals surface area contributed by atoms with Gasteiger partial charge in [-0.15, -0.1) is 0 Å². The molecule has 106 valence electrons. The Morgan fingerprint density at radius 3 is 2.79 bits per heavy atom. The van der Waals surface area contributed by atoms with Crippen LogP contribution in [0.3, 0.4) is 0 Å². The van der Waals surface area contributed by atoms with Crippen LogP contribution in [0.4, 0.5) is 13.2 Å². The van der Waals surface area contributed by atoms with Crippen LogP contribution in [0.1, 0.15) is 12.2 Å². The second-order valence-electron chi connectivity index (χ2n) is 4.38. The first-order valence-corrected chi connectivity index (χ1v) is 6.45. The molecule has 8 heteroatoms. The highest BCUT2D eigenvalue weighted by molar-refractivity contribution is 9.10. The summed E-state index contributed by atoms with van der Waals surface area (Å²) in [6.07, 6.45) is -4.27. The second kappa shape index (κ2) is 5.54. The van der Waals surface area contributed by atoms with Crippen LogP contribution >= 0.6 is 15.9 Å². The van der Waals surface area contributed by atoms with Crippen LogP contribution < -0.4 is 5.32 Å². The van der Waals surface area contributed by atoms with Crippen molar-refractivity contribution in [1.29, 1.82) is 0 Å². The van der Waals surface area contributed by atoms with Crippen molar-refractivity contribution in [3.8, 4) is 0 Å². The molecular weight excluding hydrogens is 329 g/mol. The van der Waals surface area contributed by atoms with E-state index in [1.807, 2.05) is 0 Å². The SMILES string of the molecule is O=C1CC(NCc2ccc(Br)o2)CN1CC(F)(F)F. The van der Waals surface area contributed by atoms with E-state index in [9.17, 15) is 18.0 Å². The molecule has 2 rings (SSSR count). The standard InChI is InChI=1S/C11H12BrF3N2O2/c12-9-2-1-8(19-9)4-16-7-3-10(18)17(5-7)6-11(13,14)15/h1-2,7,16H,3-6H2. The fourth-order valence-electron chi connectivity index (χ4n) is 1.97. The lowest BCUT2D eigenvalue weighted by atomic mass is 10.2. The van der Waals surface area contributed by atoms with Crippen molar-refractivity contribution in [3.63, 3.8) is 0 Å². The van der Waals surface area contributed by atoms with E-state index in [0.717, 1.165) is 4.90 Å². The lowest BCUT2D eigenvalue weighted by Crippen LogP contribution is -2.37. The minimum Gasteiger partial charge on any atom is -0.453 e. The molecule has 1 aromatic heterocycles. The number of carbonyl (C=O) groups excluding carboxylic acids is 1. The maximum atomic E-state index is 12.2. The molecule has 1 aliphatic rings. The Morgan fingerprint density at radius 2 is 2.21 bits per heavy atom. The van der Waals surface area contributed by atoms with Gasteiger partial charge in [0.15, 0.2) is 4.67 Å². The minimum absolute atomic E-state index is 0.0697. The molecule has 1 saturated heterocycles. The summed E-state index contributed by atoms with van der Waals surface area (Å²) in [6, 6.07) is 3.20. The average Bonchev–Trinajstić information content (AvgIpc) is 2.82. The van der Waals surface area contributed by atoms with Crippen molar-refractivity contribution < 1.29 is 22.4 Å². The quantitative estimate of drug-likeness (QED) is 0.914. The van der Waals surface area contributed by atoms with Gasteiger partial charge >= 0.3 is 6.18 Å². The number of nitrogens with one attached hydrogen (secondary N) is 1. The molecule has 0 aromatic carbocycles. The number of amides is 1. The molecule has 1 amide bonds. The summed E-state index contributed by atoms with van der Waals surface area (Å²) < 4.78 is 42.5. The first-order chi connectivity index (χ1) is 8.83. The Hall–Kier alpha value is -1.02. The van der Waals surface area contributed by atoms with E-state index in [0.29, 0.717) is 17.0 Å². The van der Waals surface area contributed by atoms with Gasteiger partial charge in [-0.05, 0) is 28.1 Å². The maximum Gasteiger partial charge on any atom is 0.406 e. The highest BCUT2D eigenvalue weighted by atomic mass is 79.9. The van der Waals surface area contributed by atoms with Crippen molar-refractivity contribution in [3.05, 3.63) is 22.6 Å². The zero-order valence-electron chi connectivity index (χ0n) is 9.84. The van der Waals surface area contributed by atoms with Crippen LogP contribution in [0.2, 0.25) is 0 Å². The Morgan fingerprint density at radius 1 is 1.47 bits per heavy atom. The topological polar surface area (TPSA) is 45.5 Å². The summed E-state index contributed by atoms with van der Waals surface area (Å²) in [7, 11) is 0. The van der Waals surface area contributed by atoms with Gasteiger partial charge in [0.05, 0.1) is 6.54 Å². The summed E-state index contributed by atoms with van der Waals surface area (Å²) in [5.41, 5.74) is 0. The van der Waals surface area contributed by atoms with E-state index in [1.54, 1.807) is 12.1 Å². The fourth-order valence-corrected chi connectivity index (χ4v) is 2.31. The van der Waals surface area contributed by atoms with E-state index >= 15 is 0 Å². The van der Waals surface area contributed by atoms with E-state index in [-0.39, 0.29) is 19.0 Å². The number of nitrogens with zero attached hydrogens (tertiary/aromatic N) is 1. The molecule has 0 aliphatic carbocycles. The van der Waals surface area contributed by atoms with Crippen molar-refractivity contribution >= 4 is 21.8 Å². The van der Waals surface area contributed by atoms with Crippen LogP contribution in [0.25, 0.3) is 0 Å². The summed E-state index contributed by atoms with van der Waals surface area (Å²) >= 11 is 3.16. The Bertz CT molecular complexity index is 461.